The van der Waals surface area contributed by atoms with Crippen LogP contribution in [-0.4, -0.2) is 21.2 Å². The van der Waals surface area contributed by atoms with Gasteiger partial charge in [-0.1, -0.05) is 41.4 Å². The van der Waals surface area contributed by atoms with Crippen molar-refractivity contribution in [3.63, 3.8) is 0 Å². The lowest BCUT2D eigenvalue weighted by molar-refractivity contribution is -0.146. The van der Waals surface area contributed by atoms with Crippen LogP contribution in [0.1, 0.15) is 35.8 Å². The summed E-state index contributed by atoms with van der Waals surface area (Å²) in [4.78, 5) is 21.0. The van der Waals surface area contributed by atoms with Crippen LogP contribution in [0.5, 0.6) is 0 Å². The van der Waals surface area contributed by atoms with E-state index in [1.54, 1.807) is 12.1 Å². The van der Waals surface area contributed by atoms with E-state index in [1.165, 1.54) is 6.92 Å². The fourth-order valence-corrected chi connectivity index (χ4v) is 3.54. The van der Waals surface area contributed by atoms with Crippen molar-refractivity contribution in [3.05, 3.63) is 81.4 Å². The minimum atomic E-state index is -0.895. The van der Waals surface area contributed by atoms with E-state index in [1.807, 2.05) is 48.0 Å². The molecule has 0 saturated heterocycles. The van der Waals surface area contributed by atoms with Crippen molar-refractivity contribution >= 4 is 34.9 Å². The van der Waals surface area contributed by atoms with Crippen molar-refractivity contribution in [1.29, 1.82) is 0 Å². The Hall–Kier alpha value is -2.63. The zero-order valence-electron chi connectivity index (χ0n) is 14.6. The van der Waals surface area contributed by atoms with Crippen LogP contribution in [0.2, 0.25) is 10.0 Å². The number of aromatic nitrogens is 2. The van der Waals surface area contributed by atoms with Gasteiger partial charge in [-0.3, -0.25) is 9.36 Å². The van der Waals surface area contributed by atoms with Gasteiger partial charge in [-0.15, -0.1) is 0 Å². The highest BCUT2D eigenvalue weighted by Gasteiger charge is 2.29. The summed E-state index contributed by atoms with van der Waals surface area (Å²) in [6, 6.07) is 12.9. The molecule has 2 heterocycles. The Morgan fingerprint density at radius 2 is 1.93 bits per heavy atom. The molecule has 0 N–H and O–H groups in total. The predicted octanol–water partition coefficient (Wildman–Crippen LogP) is 4.90. The van der Waals surface area contributed by atoms with Crippen molar-refractivity contribution in [3.8, 4) is 5.69 Å². The number of benzene rings is 2. The quantitative estimate of drug-likeness (QED) is 0.575. The number of halogens is 2. The smallest absolute Gasteiger partial charge is 0.304 e. The second kappa shape index (κ2) is 6.83. The van der Waals surface area contributed by atoms with Crippen LogP contribution in [-0.2, 0) is 9.53 Å². The summed E-state index contributed by atoms with van der Waals surface area (Å²) in [6.45, 7) is 3.22. The molecule has 3 aromatic rings. The van der Waals surface area contributed by atoms with E-state index in [-0.39, 0.29) is 0 Å². The van der Waals surface area contributed by atoms with Crippen molar-refractivity contribution in [2.45, 2.75) is 20.1 Å². The van der Waals surface area contributed by atoms with Gasteiger partial charge in [0.1, 0.15) is 0 Å². The highest BCUT2D eigenvalue weighted by atomic mass is 35.5. The van der Waals surface area contributed by atoms with Gasteiger partial charge in [0.15, 0.2) is 5.82 Å². The van der Waals surface area contributed by atoms with E-state index in [2.05, 4.69) is 4.98 Å². The van der Waals surface area contributed by atoms with Gasteiger partial charge in [0.05, 0.1) is 17.1 Å². The highest BCUT2D eigenvalue weighted by molar-refractivity contribution is 6.36. The molecule has 1 aromatic heterocycles. The van der Waals surface area contributed by atoms with Crippen LogP contribution in [0.3, 0.4) is 0 Å². The summed E-state index contributed by atoms with van der Waals surface area (Å²) in [7, 11) is 0. The van der Waals surface area contributed by atoms with Crippen molar-refractivity contribution in [2.24, 2.45) is 4.99 Å². The second-order valence-electron chi connectivity index (χ2n) is 6.19. The Morgan fingerprint density at radius 3 is 2.67 bits per heavy atom. The largest absolute Gasteiger partial charge is 0.432 e. The van der Waals surface area contributed by atoms with Gasteiger partial charge >= 0.3 is 5.97 Å². The monoisotopic (exact) mass is 399 g/mol. The number of aryl methyl sites for hydroxylation is 1. The van der Waals surface area contributed by atoms with Crippen molar-refractivity contribution in [2.75, 3.05) is 0 Å². The van der Waals surface area contributed by atoms with Crippen LogP contribution in [0.4, 0.5) is 0 Å². The molecule has 0 radical (unpaired) electrons. The number of esters is 1. The fraction of sp³-hybridized carbons (Fsp3) is 0.150. The van der Waals surface area contributed by atoms with Gasteiger partial charge in [-0.25, -0.2) is 9.98 Å². The molecule has 5 nitrogen and oxygen atoms in total. The van der Waals surface area contributed by atoms with Crippen molar-refractivity contribution in [1.82, 2.24) is 9.55 Å². The summed E-state index contributed by atoms with van der Waals surface area (Å²) in [6.07, 6.45) is 0.984. The van der Waals surface area contributed by atoms with E-state index in [0.29, 0.717) is 21.6 Å². The van der Waals surface area contributed by atoms with Crippen LogP contribution in [0.15, 0.2) is 53.7 Å². The minimum Gasteiger partial charge on any atom is -0.432 e. The second-order valence-corrected chi connectivity index (χ2v) is 7.03. The molecule has 0 saturated carbocycles. The SMILES string of the molecule is CC(=O)OC1N=C(c2ccccc2Cl)c2cc(Cl)ccc2-n2cc(C)nc21. The first-order valence-corrected chi connectivity index (χ1v) is 9.06. The number of fused-ring (bicyclic) bond motifs is 3. The molecule has 2 aromatic carbocycles. The number of rotatable bonds is 2. The zero-order chi connectivity index (χ0) is 19.1. The molecule has 27 heavy (non-hydrogen) atoms. The number of hydrogen-bond acceptors (Lipinski definition) is 4. The number of carbonyl (C=O) groups is 1. The molecule has 0 amide bonds. The first-order chi connectivity index (χ1) is 12.9. The Kier molecular flexibility index (Phi) is 4.50. The first-order valence-electron chi connectivity index (χ1n) is 8.30. The van der Waals surface area contributed by atoms with E-state index >= 15 is 0 Å². The highest BCUT2D eigenvalue weighted by Crippen LogP contribution is 2.34. The first kappa shape index (κ1) is 17.8. The Labute approximate surface area is 166 Å². The summed E-state index contributed by atoms with van der Waals surface area (Å²) in [5.74, 6) is 0.0757. The molecule has 0 bridgehead atoms. The summed E-state index contributed by atoms with van der Waals surface area (Å²) >= 11 is 12.7. The molecule has 1 unspecified atom stereocenters. The third-order valence-corrected chi connectivity index (χ3v) is 4.77. The average Bonchev–Trinajstić information content (AvgIpc) is 2.96. The van der Waals surface area contributed by atoms with Gasteiger partial charge in [-0.2, -0.15) is 0 Å². The standard InChI is InChI=1S/C20H15Cl2N3O2/c1-11-10-25-17-8-7-13(21)9-15(17)18(14-5-3-4-6-16(14)22)24-20(19(25)23-11)27-12(2)26/h3-10,20H,1-2H3. The van der Waals surface area contributed by atoms with Crippen LogP contribution < -0.4 is 0 Å². The summed E-state index contributed by atoms with van der Waals surface area (Å²) < 4.78 is 7.36. The molecule has 1 atom stereocenters. The molecule has 7 heteroatoms. The van der Waals surface area contributed by atoms with Crippen LogP contribution >= 0.6 is 23.2 Å². The number of carbonyl (C=O) groups excluding carboxylic acids is 1. The van der Waals surface area contributed by atoms with Gasteiger partial charge in [0, 0.05) is 34.3 Å². The normalized spacial score (nSPS) is 15.4. The molecular weight excluding hydrogens is 385 g/mol. The fourth-order valence-electron chi connectivity index (χ4n) is 3.14. The van der Waals surface area contributed by atoms with Gasteiger partial charge in [0.25, 0.3) is 6.23 Å². The van der Waals surface area contributed by atoms with E-state index < -0.39 is 12.2 Å². The van der Waals surface area contributed by atoms with E-state index in [4.69, 9.17) is 32.9 Å². The molecular formula is C20H15Cl2N3O2. The molecule has 0 fully saturated rings. The molecule has 1 aliphatic heterocycles. The maximum Gasteiger partial charge on any atom is 0.304 e. The maximum absolute atomic E-state index is 11.7. The number of nitrogens with zero attached hydrogens (tertiary/aromatic N) is 3. The number of imidazole rings is 1. The number of aliphatic imine (C=N–C) groups is 1. The summed E-state index contributed by atoms with van der Waals surface area (Å²) in [5, 5.41) is 1.11. The van der Waals surface area contributed by atoms with Crippen LogP contribution in [0, 0.1) is 6.92 Å². The molecule has 4 rings (SSSR count). The van der Waals surface area contributed by atoms with E-state index in [9.17, 15) is 4.79 Å². The van der Waals surface area contributed by atoms with Crippen molar-refractivity contribution < 1.29 is 9.53 Å². The minimum absolute atomic E-state index is 0.446. The Balaban J connectivity index is 2.05. The van der Waals surface area contributed by atoms with Gasteiger partial charge in [0.2, 0.25) is 0 Å². The molecule has 1 aliphatic rings. The number of ether oxygens (including phenoxy) is 1. The summed E-state index contributed by atoms with van der Waals surface area (Å²) in [5.41, 5.74) is 3.72. The molecule has 0 spiro atoms. The molecule has 0 aliphatic carbocycles. The third kappa shape index (κ3) is 3.24. The van der Waals surface area contributed by atoms with Crippen LogP contribution in [0.25, 0.3) is 5.69 Å². The maximum atomic E-state index is 11.7. The average molecular weight is 400 g/mol. The van der Waals surface area contributed by atoms with Gasteiger partial charge in [-0.05, 0) is 31.2 Å². The number of hydrogen-bond donors (Lipinski definition) is 0. The zero-order valence-corrected chi connectivity index (χ0v) is 16.1. The lowest BCUT2D eigenvalue weighted by atomic mass is 10.0. The molecule has 136 valence electrons. The lowest BCUT2D eigenvalue weighted by Crippen LogP contribution is -2.12. The Bertz CT molecular complexity index is 1090. The van der Waals surface area contributed by atoms with E-state index in [0.717, 1.165) is 22.5 Å². The predicted molar refractivity (Wildman–Crippen MR) is 105 cm³/mol. The topological polar surface area (TPSA) is 56.5 Å². The third-order valence-electron chi connectivity index (χ3n) is 4.20. The lowest BCUT2D eigenvalue weighted by Gasteiger charge is -2.13. The Morgan fingerprint density at radius 1 is 1.15 bits per heavy atom. The van der Waals surface area contributed by atoms with Gasteiger partial charge < -0.3 is 4.74 Å².